The van der Waals surface area contributed by atoms with E-state index in [0.29, 0.717) is 12.1 Å². The Balaban J connectivity index is 2.42. The van der Waals surface area contributed by atoms with Gasteiger partial charge < -0.3 is 14.8 Å². The van der Waals surface area contributed by atoms with Gasteiger partial charge in [-0.1, -0.05) is 23.2 Å². The first kappa shape index (κ1) is 22.9. The molecule has 2 aromatic rings. The Hall–Kier alpha value is -2.41. The van der Waals surface area contributed by atoms with Gasteiger partial charge in [-0.3, -0.25) is 14.9 Å². The van der Waals surface area contributed by atoms with Crippen LogP contribution in [0.2, 0.25) is 10.0 Å². The molecule has 0 saturated carbocycles. The van der Waals surface area contributed by atoms with Gasteiger partial charge in [-0.15, -0.1) is 0 Å². The van der Waals surface area contributed by atoms with Crippen LogP contribution in [0.3, 0.4) is 0 Å². The molecule has 0 saturated heterocycles. The third-order valence-corrected chi connectivity index (χ3v) is 4.00. The maximum absolute atomic E-state index is 12.9. The summed E-state index contributed by atoms with van der Waals surface area (Å²) in [7, 11) is 1.43. The number of alkyl halides is 3. The zero-order valence-corrected chi connectivity index (χ0v) is 16.1. The first-order valence-electron chi connectivity index (χ1n) is 7.71. The summed E-state index contributed by atoms with van der Waals surface area (Å²) < 4.78 is 49.3. The molecule has 1 N–H and O–H groups in total. The number of carbonyl (C=O) groups is 1. The summed E-state index contributed by atoms with van der Waals surface area (Å²) in [5, 5.41) is 16.2. The smallest absolute Gasteiger partial charge is 0.382 e. The van der Waals surface area contributed by atoms with E-state index >= 15 is 0 Å². The van der Waals surface area contributed by atoms with E-state index in [9.17, 15) is 28.1 Å². The molecule has 0 bridgehead atoms. The lowest BCUT2D eigenvalue weighted by Crippen LogP contribution is -2.22. The Morgan fingerprint density at radius 2 is 1.93 bits per heavy atom. The number of nitrogens with one attached hydrogen (secondary N) is 1. The number of amides is 1. The maximum Gasteiger partial charge on any atom is 0.416 e. The van der Waals surface area contributed by atoms with Gasteiger partial charge in [0.15, 0.2) is 0 Å². The molecule has 0 fully saturated rings. The van der Waals surface area contributed by atoms with Crippen LogP contribution in [0, 0.1) is 10.1 Å². The highest BCUT2D eigenvalue weighted by Gasteiger charge is 2.33. The monoisotopic (exact) mass is 456 g/mol. The molecule has 0 aliphatic carbocycles. The lowest BCUT2D eigenvalue weighted by atomic mass is 10.2. The third-order valence-electron chi connectivity index (χ3n) is 3.43. The van der Waals surface area contributed by atoms with Gasteiger partial charge in [0.25, 0.3) is 5.91 Å². The number of rotatable bonds is 8. The van der Waals surface area contributed by atoms with Gasteiger partial charge in [0.1, 0.15) is 18.5 Å². The zero-order valence-electron chi connectivity index (χ0n) is 14.6. The van der Waals surface area contributed by atoms with Gasteiger partial charge in [-0.25, -0.2) is 4.68 Å². The van der Waals surface area contributed by atoms with Crippen LogP contribution in [-0.4, -0.2) is 47.5 Å². The number of nitrogens with zero attached hydrogens (tertiary/aromatic N) is 3. The lowest BCUT2D eigenvalue weighted by molar-refractivity contribution is -0.384. The maximum atomic E-state index is 12.9. The largest absolute Gasteiger partial charge is 0.416 e. The van der Waals surface area contributed by atoms with Crippen LogP contribution in [0.4, 0.5) is 24.7 Å². The second-order valence-electron chi connectivity index (χ2n) is 5.43. The fourth-order valence-electron chi connectivity index (χ4n) is 2.17. The minimum Gasteiger partial charge on any atom is -0.382 e. The van der Waals surface area contributed by atoms with E-state index in [0.717, 1.165) is 10.9 Å². The van der Waals surface area contributed by atoms with E-state index in [1.807, 2.05) is 0 Å². The van der Waals surface area contributed by atoms with Crippen molar-refractivity contribution in [3.63, 3.8) is 0 Å². The van der Waals surface area contributed by atoms with Crippen molar-refractivity contribution in [3.8, 4) is 5.69 Å². The number of halogens is 5. The van der Waals surface area contributed by atoms with Crippen LogP contribution in [0.25, 0.3) is 5.69 Å². The molecule has 1 heterocycles. The second-order valence-corrected chi connectivity index (χ2v) is 6.24. The van der Waals surface area contributed by atoms with Crippen molar-refractivity contribution in [1.82, 2.24) is 9.78 Å². The van der Waals surface area contributed by atoms with Crippen molar-refractivity contribution < 1.29 is 32.4 Å². The van der Waals surface area contributed by atoms with Crippen LogP contribution < -0.4 is 5.32 Å². The zero-order chi connectivity index (χ0) is 21.8. The lowest BCUT2D eigenvalue weighted by Gasteiger charge is -2.14. The standard InChI is InChI=1S/C15H13Cl2F3N4O5/c1-28-2-3-29-7-12(25)22-14-11(24(26)27)6-21-23(14)13-9(16)4-8(5-10(13)17)15(18,19)20/h4-6H,2-3,7H2,1H3,(H,22,25). The van der Waals surface area contributed by atoms with Gasteiger partial charge in [-0.2, -0.15) is 18.3 Å². The molecule has 0 aliphatic heterocycles. The number of hydrogen-bond donors (Lipinski definition) is 1. The predicted octanol–water partition coefficient (Wildman–Crippen LogP) is 3.71. The van der Waals surface area contributed by atoms with E-state index in [2.05, 4.69) is 10.4 Å². The van der Waals surface area contributed by atoms with E-state index in [1.54, 1.807) is 0 Å². The summed E-state index contributed by atoms with van der Waals surface area (Å²) in [6.45, 7) is -0.135. The summed E-state index contributed by atoms with van der Waals surface area (Å²) >= 11 is 11.8. The Kier molecular flexibility index (Phi) is 7.41. The summed E-state index contributed by atoms with van der Waals surface area (Å²) in [6.07, 6.45) is -3.91. The first-order valence-corrected chi connectivity index (χ1v) is 8.47. The van der Waals surface area contributed by atoms with Crippen molar-refractivity contribution in [2.75, 3.05) is 32.2 Å². The molecule has 0 aliphatic rings. The quantitative estimate of drug-likeness (QED) is 0.368. The minimum absolute atomic E-state index is 0.0990. The van der Waals surface area contributed by atoms with Crippen LogP contribution in [0.1, 0.15) is 5.56 Å². The second kappa shape index (κ2) is 9.39. The highest BCUT2D eigenvalue weighted by Crippen LogP contribution is 2.39. The molecular formula is C15H13Cl2F3N4O5. The van der Waals surface area contributed by atoms with Crippen molar-refractivity contribution in [2.45, 2.75) is 6.18 Å². The molecule has 1 amide bonds. The molecule has 9 nitrogen and oxygen atoms in total. The topological polar surface area (TPSA) is 109 Å². The molecule has 29 heavy (non-hydrogen) atoms. The van der Waals surface area contributed by atoms with Gasteiger partial charge in [0.05, 0.1) is 33.7 Å². The molecule has 0 spiro atoms. The van der Waals surface area contributed by atoms with Crippen LogP contribution in [0.15, 0.2) is 18.3 Å². The van der Waals surface area contributed by atoms with E-state index in [-0.39, 0.29) is 18.9 Å². The number of carbonyl (C=O) groups excluding carboxylic acids is 1. The molecule has 1 aromatic carbocycles. The Morgan fingerprint density at radius 3 is 2.45 bits per heavy atom. The van der Waals surface area contributed by atoms with Crippen LogP contribution in [0.5, 0.6) is 0 Å². The predicted molar refractivity (Wildman–Crippen MR) is 96.6 cm³/mol. The highest BCUT2D eigenvalue weighted by atomic mass is 35.5. The van der Waals surface area contributed by atoms with E-state index < -0.39 is 50.7 Å². The molecule has 0 radical (unpaired) electrons. The molecule has 158 valence electrons. The Labute approximate surface area is 171 Å². The summed E-state index contributed by atoms with van der Waals surface area (Å²) in [4.78, 5) is 22.4. The van der Waals surface area contributed by atoms with Gasteiger partial charge >= 0.3 is 11.9 Å². The van der Waals surface area contributed by atoms with Gasteiger partial charge in [0, 0.05) is 7.11 Å². The molecule has 2 rings (SSSR count). The van der Waals surface area contributed by atoms with Crippen molar-refractivity contribution >= 4 is 40.6 Å². The molecule has 0 unspecified atom stereocenters. The fraction of sp³-hybridized carbons (Fsp3) is 0.333. The highest BCUT2D eigenvalue weighted by molar-refractivity contribution is 6.38. The Morgan fingerprint density at radius 1 is 1.31 bits per heavy atom. The van der Waals surface area contributed by atoms with Gasteiger partial charge in [-0.05, 0) is 12.1 Å². The number of methoxy groups -OCH3 is 1. The number of anilines is 1. The van der Waals surface area contributed by atoms with Crippen molar-refractivity contribution in [1.29, 1.82) is 0 Å². The molecule has 14 heteroatoms. The fourth-order valence-corrected chi connectivity index (χ4v) is 2.81. The van der Waals surface area contributed by atoms with E-state index in [4.69, 9.17) is 32.7 Å². The molecule has 0 atom stereocenters. The molecular weight excluding hydrogens is 444 g/mol. The summed E-state index contributed by atoms with van der Waals surface area (Å²) in [6, 6.07) is 1.19. The number of hydrogen-bond acceptors (Lipinski definition) is 6. The van der Waals surface area contributed by atoms with Crippen molar-refractivity contribution in [2.24, 2.45) is 0 Å². The number of nitro groups is 1. The third kappa shape index (κ3) is 5.56. The summed E-state index contributed by atoms with van der Waals surface area (Å²) in [5.74, 6) is -1.22. The first-order chi connectivity index (χ1) is 13.6. The average molecular weight is 457 g/mol. The SMILES string of the molecule is COCCOCC(=O)Nc1c([N+](=O)[O-])cnn1-c1c(Cl)cc(C(F)(F)F)cc1Cl. The van der Waals surface area contributed by atoms with E-state index in [1.165, 1.54) is 7.11 Å². The normalized spacial score (nSPS) is 11.5. The number of benzene rings is 1. The van der Waals surface area contributed by atoms with Gasteiger partial charge in [0.2, 0.25) is 5.82 Å². The Bertz CT molecular complexity index is 897. The van der Waals surface area contributed by atoms with Crippen LogP contribution in [-0.2, 0) is 20.4 Å². The average Bonchev–Trinajstić information content (AvgIpc) is 3.01. The van der Waals surface area contributed by atoms with Crippen molar-refractivity contribution in [3.05, 3.63) is 44.1 Å². The number of aromatic nitrogens is 2. The summed E-state index contributed by atoms with van der Waals surface area (Å²) in [5.41, 5.74) is -2.01. The molecule has 1 aromatic heterocycles. The number of ether oxygens (including phenoxy) is 2. The minimum atomic E-state index is -4.71. The van der Waals surface area contributed by atoms with Crippen LogP contribution >= 0.6 is 23.2 Å².